The smallest absolute Gasteiger partial charge is 0.0892 e. The fraction of sp³-hybridized carbons (Fsp3) is 0.429. The number of thioether (sulfide) groups is 4. The van der Waals surface area contributed by atoms with Crippen molar-refractivity contribution in [3.63, 3.8) is 0 Å². The third kappa shape index (κ3) is 11.1. The summed E-state index contributed by atoms with van der Waals surface area (Å²) in [6.07, 6.45) is 30.9. The van der Waals surface area contributed by atoms with Crippen LogP contribution in [-0.4, -0.2) is 23.0 Å². The van der Waals surface area contributed by atoms with Crippen molar-refractivity contribution in [1.82, 2.24) is 0 Å². The number of hydrogen-bond donors (Lipinski definition) is 0. The van der Waals surface area contributed by atoms with Crippen LogP contribution in [0.15, 0.2) is 170 Å². The number of fused-ring (bicyclic) bond motifs is 6. The molecule has 10 aromatic rings. The van der Waals surface area contributed by atoms with E-state index in [2.05, 4.69) is 245 Å². The third-order valence-corrected chi connectivity index (χ3v) is 27.7. The molecule has 6 aliphatic carbocycles. The summed E-state index contributed by atoms with van der Waals surface area (Å²) in [5.74, 6) is 4.39. The minimum atomic E-state index is -0.547. The average molecular weight is 1230 g/mol. The molecule has 0 fully saturated rings. The van der Waals surface area contributed by atoms with Gasteiger partial charge in [0.25, 0.3) is 0 Å². The van der Waals surface area contributed by atoms with Crippen LogP contribution in [0.1, 0.15) is 226 Å². The van der Waals surface area contributed by atoms with Crippen LogP contribution < -0.4 is 0 Å². The molecule has 0 heterocycles. The lowest BCUT2D eigenvalue weighted by Gasteiger charge is -2.68. The van der Waals surface area contributed by atoms with Crippen molar-refractivity contribution < 1.29 is 0 Å². The van der Waals surface area contributed by atoms with Crippen molar-refractivity contribution in [2.24, 2.45) is 0 Å². The van der Waals surface area contributed by atoms with E-state index in [-0.39, 0.29) is 0 Å². The number of benzene rings is 10. The fourth-order valence-corrected chi connectivity index (χ4v) is 24.0. The van der Waals surface area contributed by atoms with Gasteiger partial charge in [-0.3, -0.25) is 0 Å². The van der Waals surface area contributed by atoms with Gasteiger partial charge in [0.2, 0.25) is 0 Å². The normalized spacial score (nSPS) is 19.9. The predicted molar refractivity (Wildman–Crippen MR) is 397 cm³/mol. The molecule has 0 aromatic heterocycles. The second kappa shape index (κ2) is 27.9. The standard InChI is InChI=1S/C84H96S4/c1-5-9-13-17-21-33-45-85-81-73-53-65-41-29-30-42-66(65)54-74(73)83(87-47-35-23-19-15-11-7-3,78-58-70-50-62-38-26-25-37-61(62)49-69(70)57-77(78)81)84(88-48-36-24-20-16-12-8-4)76-56-68-44-32-31-43-67(68)55-75(76)82(81,86-46-34-22-18-14-10-6-2)79-59-71-51-63-39-27-28-40-64(63)52-72(71)60-80(79)84/h25-32,37-44,49-60H,5-24,33-36,45-48H2,1-4H3/t81-,82+,83+,84-. The molecule has 10 aromatic carbocycles. The Morgan fingerprint density at radius 3 is 0.545 bits per heavy atom. The van der Waals surface area contributed by atoms with Crippen molar-refractivity contribution in [3.8, 4) is 0 Å². The van der Waals surface area contributed by atoms with Crippen LogP contribution in [0.2, 0.25) is 0 Å². The van der Waals surface area contributed by atoms with Gasteiger partial charge in [-0.25, -0.2) is 0 Å². The van der Waals surface area contributed by atoms with E-state index in [0.717, 1.165) is 23.0 Å². The summed E-state index contributed by atoms with van der Waals surface area (Å²) < 4.78 is -2.19. The van der Waals surface area contributed by atoms with Crippen LogP contribution in [0, 0.1) is 0 Å². The minimum Gasteiger partial charge on any atom is -0.143 e. The van der Waals surface area contributed by atoms with Crippen LogP contribution in [0.5, 0.6) is 0 Å². The molecule has 0 unspecified atom stereocenters. The van der Waals surface area contributed by atoms with Gasteiger partial charge < -0.3 is 0 Å². The summed E-state index contributed by atoms with van der Waals surface area (Å²) in [5, 5.41) is 16.4. The lowest BCUT2D eigenvalue weighted by atomic mass is 9.50. The third-order valence-electron chi connectivity index (χ3n) is 20.7. The van der Waals surface area contributed by atoms with Gasteiger partial charge in [-0.1, -0.05) is 253 Å². The molecular weight excluding hydrogens is 1140 g/mol. The molecular formula is C84H96S4. The molecule has 0 spiro atoms. The van der Waals surface area contributed by atoms with Gasteiger partial charge in [-0.05, 0) is 231 Å². The minimum absolute atomic E-state index is 0.547. The van der Waals surface area contributed by atoms with E-state index in [1.54, 1.807) is 44.5 Å². The Hall–Kier alpha value is -4.84. The first-order valence-corrected chi connectivity index (χ1v) is 39.0. The Kier molecular flexibility index (Phi) is 19.7. The molecule has 0 aliphatic heterocycles. The van der Waals surface area contributed by atoms with E-state index in [1.807, 2.05) is 0 Å². The van der Waals surface area contributed by atoms with E-state index in [9.17, 15) is 0 Å². The molecule has 0 saturated carbocycles. The average Bonchev–Trinajstić information content (AvgIpc) is 0.628. The van der Waals surface area contributed by atoms with Gasteiger partial charge in [0.1, 0.15) is 0 Å². The summed E-state index contributed by atoms with van der Waals surface area (Å²) in [6, 6.07) is 70.5. The molecule has 88 heavy (non-hydrogen) atoms. The maximum absolute atomic E-state index is 2.85. The molecule has 456 valence electrons. The highest BCUT2D eigenvalue weighted by Crippen LogP contribution is 2.82. The lowest BCUT2D eigenvalue weighted by molar-refractivity contribution is 0.431. The largest absolute Gasteiger partial charge is 0.143 e. The van der Waals surface area contributed by atoms with Crippen LogP contribution in [0.4, 0.5) is 0 Å². The predicted octanol–water partition coefficient (Wildman–Crippen LogP) is 26.3. The molecule has 0 N–H and O–H groups in total. The highest BCUT2D eigenvalue weighted by Gasteiger charge is 2.74. The lowest BCUT2D eigenvalue weighted by Crippen LogP contribution is -2.64. The molecule has 4 bridgehead atoms. The maximum Gasteiger partial charge on any atom is 0.0892 e. The van der Waals surface area contributed by atoms with Crippen molar-refractivity contribution in [2.45, 2.75) is 201 Å². The molecule has 4 atom stereocenters. The number of rotatable bonds is 32. The topological polar surface area (TPSA) is 0 Å². The second-order valence-corrected chi connectivity index (χ2v) is 31.8. The molecule has 0 saturated heterocycles. The first kappa shape index (κ1) is 62.0. The summed E-state index contributed by atoms with van der Waals surface area (Å²) in [5.41, 5.74) is 12.7. The number of unbranched alkanes of at least 4 members (excludes halogenated alkanes) is 20. The summed E-state index contributed by atoms with van der Waals surface area (Å²) in [7, 11) is 0. The fourth-order valence-electron chi connectivity index (χ4n) is 16.4. The number of hydrogen-bond acceptors (Lipinski definition) is 4. The van der Waals surface area contributed by atoms with Crippen molar-refractivity contribution in [3.05, 3.63) is 214 Å². The first-order valence-electron chi connectivity index (χ1n) is 35.0. The van der Waals surface area contributed by atoms with Crippen LogP contribution >= 0.6 is 47.0 Å². The summed E-state index contributed by atoms with van der Waals surface area (Å²) in [4.78, 5) is 0. The highest BCUT2D eigenvalue weighted by atomic mass is 32.2. The Labute approximate surface area is 545 Å². The van der Waals surface area contributed by atoms with Crippen LogP contribution in [0.25, 0.3) is 64.6 Å². The zero-order valence-corrected chi connectivity index (χ0v) is 56.9. The van der Waals surface area contributed by atoms with E-state index in [0.29, 0.717) is 0 Å². The van der Waals surface area contributed by atoms with E-state index in [1.165, 1.54) is 219 Å². The SMILES string of the molecule is CCCCCCCCS[C@]12c3cc4ccccc4cc3[C@](SCCCCCCCC)(c3cc4cc5ccccc5cc4cc31)[C@@]1(SCCCCCCCC)c3cc4ccccc4cc3[C@]2(SCCCCCCCC)c2cc3cc4ccccc4cc3cc21. The molecule has 4 heteroatoms. The Balaban J connectivity index is 1.22. The quantitative estimate of drug-likeness (QED) is 0.0304. The Bertz CT molecular complexity index is 3540. The van der Waals surface area contributed by atoms with E-state index >= 15 is 0 Å². The second-order valence-electron chi connectivity index (χ2n) is 26.6. The van der Waals surface area contributed by atoms with Gasteiger partial charge in [0.15, 0.2) is 0 Å². The van der Waals surface area contributed by atoms with Gasteiger partial charge in [-0.2, -0.15) is 0 Å². The molecule has 0 radical (unpaired) electrons. The molecule has 0 nitrogen and oxygen atoms in total. The molecule has 16 rings (SSSR count). The van der Waals surface area contributed by atoms with Crippen LogP contribution in [0.3, 0.4) is 0 Å². The van der Waals surface area contributed by atoms with Gasteiger partial charge in [0.05, 0.1) is 19.0 Å². The zero-order chi connectivity index (χ0) is 60.0. The van der Waals surface area contributed by atoms with Crippen molar-refractivity contribution in [2.75, 3.05) is 23.0 Å². The monoisotopic (exact) mass is 1230 g/mol. The van der Waals surface area contributed by atoms with Crippen molar-refractivity contribution in [1.29, 1.82) is 0 Å². The summed E-state index contributed by atoms with van der Waals surface area (Å²) in [6.45, 7) is 9.45. The molecule has 6 aliphatic rings. The van der Waals surface area contributed by atoms with Gasteiger partial charge in [0, 0.05) is 0 Å². The van der Waals surface area contributed by atoms with Gasteiger partial charge >= 0.3 is 0 Å². The van der Waals surface area contributed by atoms with Crippen LogP contribution in [-0.2, 0) is 19.0 Å². The van der Waals surface area contributed by atoms with Gasteiger partial charge in [-0.15, -0.1) is 47.0 Å². The Morgan fingerprint density at radius 1 is 0.193 bits per heavy atom. The first-order chi connectivity index (χ1) is 43.4. The highest BCUT2D eigenvalue weighted by molar-refractivity contribution is 8.05. The Morgan fingerprint density at radius 2 is 0.352 bits per heavy atom. The van der Waals surface area contributed by atoms with E-state index < -0.39 is 19.0 Å². The molecule has 0 amide bonds. The van der Waals surface area contributed by atoms with E-state index in [4.69, 9.17) is 0 Å². The zero-order valence-electron chi connectivity index (χ0n) is 53.6. The summed E-state index contributed by atoms with van der Waals surface area (Å²) >= 11 is 9.51. The van der Waals surface area contributed by atoms with Crippen molar-refractivity contribution >= 4 is 112 Å². The maximum atomic E-state index is 2.85.